The van der Waals surface area contributed by atoms with Crippen molar-refractivity contribution in [2.75, 3.05) is 18.9 Å². The molecule has 1 saturated heterocycles. The minimum absolute atomic E-state index is 0.0949. The smallest absolute Gasteiger partial charge is 0.241 e. The number of hydrogen-bond acceptors (Lipinski definition) is 5. The van der Waals surface area contributed by atoms with Gasteiger partial charge in [0, 0.05) is 29.7 Å². The van der Waals surface area contributed by atoms with E-state index in [1.165, 1.54) is 6.07 Å². The second-order valence-corrected chi connectivity index (χ2v) is 7.96. The number of rotatable bonds is 4. The SMILES string of the molecule is Cc1c(N)cc(Br)cc1S(=O)(=O)NCC1(O)CCOC1C. The van der Waals surface area contributed by atoms with Gasteiger partial charge in [-0.1, -0.05) is 15.9 Å². The number of hydrogen-bond donors (Lipinski definition) is 3. The molecule has 0 bridgehead atoms. The van der Waals surface area contributed by atoms with Gasteiger partial charge >= 0.3 is 0 Å². The summed E-state index contributed by atoms with van der Waals surface area (Å²) in [7, 11) is -3.76. The standard InChI is InChI=1S/C13H19BrN2O4S/c1-8-11(15)5-10(14)6-12(8)21(18,19)16-7-13(17)3-4-20-9(13)2/h5-6,9,16-17H,3-4,7,15H2,1-2H3. The molecule has 8 heteroatoms. The van der Waals surface area contributed by atoms with Crippen molar-refractivity contribution in [1.82, 2.24) is 4.72 Å². The number of ether oxygens (including phenoxy) is 1. The zero-order chi connectivity index (χ0) is 15.8. The lowest BCUT2D eigenvalue weighted by Gasteiger charge is -2.26. The van der Waals surface area contributed by atoms with Crippen molar-refractivity contribution in [1.29, 1.82) is 0 Å². The molecule has 0 aromatic heterocycles. The molecule has 1 heterocycles. The van der Waals surface area contributed by atoms with E-state index in [2.05, 4.69) is 20.7 Å². The van der Waals surface area contributed by atoms with Crippen LogP contribution < -0.4 is 10.5 Å². The fraction of sp³-hybridized carbons (Fsp3) is 0.538. The number of aliphatic hydroxyl groups is 1. The van der Waals surface area contributed by atoms with Crippen LogP contribution in [0.1, 0.15) is 18.9 Å². The van der Waals surface area contributed by atoms with Crippen molar-refractivity contribution >= 4 is 31.6 Å². The van der Waals surface area contributed by atoms with E-state index in [0.29, 0.717) is 28.8 Å². The molecule has 1 aromatic rings. The van der Waals surface area contributed by atoms with E-state index in [4.69, 9.17) is 10.5 Å². The molecule has 0 saturated carbocycles. The second kappa shape index (κ2) is 5.85. The highest BCUT2D eigenvalue weighted by atomic mass is 79.9. The predicted octanol–water partition coefficient (Wildman–Crippen LogP) is 1.16. The van der Waals surface area contributed by atoms with E-state index < -0.39 is 21.7 Å². The van der Waals surface area contributed by atoms with Crippen LogP contribution in [0.3, 0.4) is 0 Å². The molecular formula is C13H19BrN2O4S. The van der Waals surface area contributed by atoms with Crippen molar-refractivity contribution in [3.63, 3.8) is 0 Å². The van der Waals surface area contributed by atoms with Crippen molar-refractivity contribution in [2.24, 2.45) is 0 Å². The molecule has 4 N–H and O–H groups in total. The first-order valence-corrected chi connectivity index (χ1v) is 8.82. The third kappa shape index (κ3) is 3.40. The lowest BCUT2D eigenvalue weighted by atomic mass is 9.97. The number of nitrogens with one attached hydrogen (secondary N) is 1. The number of halogens is 1. The Balaban J connectivity index is 2.24. The van der Waals surface area contributed by atoms with Crippen LogP contribution in [0.15, 0.2) is 21.5 Å². The molecule has 0 spiro atoms. The first kappa shape index (κ1) is 16.7. The van der Waals surface area contributed by atoms with Gasteiger partial charge in [-0.25, -0.2) is 13.1 Å². The van der Waals surface area contributed by atoms with Crippen LogP contribution in [-0.4, -0.2) is 38.4 Å². The minimum atomic E-state index is -3.76. The summed E-state index contributed by atoms with van der Waals surface area (Å²) in [4.78, 5) is 0.101. The van der Waals surface area contributed by atoms with Gasteiger partial charge in [0.15, 0.2) is 0 Å². The first-order chi connectivity index (χ1) is 9.66. The van der Waals surface area contributed by atoms with E-state index in [1.807, 2.05) is 0 Å². The molecule has 2 rings (SSSR count). The normalized spacial score (nSPS) is 26.2. The van der Waals surface area contributed by atoms with Crippen LogP contribution in [0.25, 0.3) is 0 Å². The molecule has 0 radical (unpaired) electrons. The van der Waals surface area contributed by atoms with Crippen LogP contribution in [0.2, 0.25) is 0 Å². The highest BCUT2D eigenvalue weighted by molar-refractivity contribution is 9.10. The van der Waals surface area contributed by atoms with Gasteiger partial charge in [0.1, 0.15) is 5.60 Å². The molecule has 2 unspecified atom stereocenters. The van der Waals surface area contributed by atoms with Crippen molar-refractivity contribution < 1.29 is 18.3 Å². The molecule has 0 aliphatic carbocycles. The Bertz CT molecular complexity index is 650. The summed E-state index contributed by atoms with van der Waals surface area (Å²) >= 11 is 3.24. The van der Waals surface area contributed by atoms with Crippen molar-refractivity contribution in [3.8, 4) is 0 Å². The largest absolute Gasteiger partial charge is 0.398 e. The lowest BCUT2D eigenvalue weighted by Crippen LogP contribution is -2.47. The van der Waals surface area contributed by atoms with E-state index in [1.54, 1.807) is 19.9 Å². The molecule has 6 nitrogen and oxygen atoms in total. The summed E-state index contributed by atoms with van der Waals surface area (Å²) in [5, 5.41) is 10.4. The van der Waals surface area contributed by atoms with Crippen molar-refractivity contribution in [3.05, 3.63) is 22.2 Å². The summed E-state index contributed by atoms with van der Waals surface area (Å²) in [5.74, 6) is 0. The number of benzene rings is 1. The maximum Gasteiger partial charge on any atom is 0.241 e. The zero-order valence-electron chi connectivity index (χ0n) is 11.9. The first-order valence-electron chi connectivity index (χ1n) is 6.55. The molecule has 1 aliphatic rings. The molecule has 2 atom stereocenters. The maximum absolute atomic E-state index is 12.4. The predicted molar refractivity (Wildman–Crippen MR) is 83.5 cm³/mol. The minimum Gasteiger partial charge on any atom is -0.398 e. The Kier molecular flexibility index (Phi) is 4.65. The summed E-state index contributed by atoms with van der Waals surface area (Å²) < 4.78 is 33.2. The van der Waals surface area contributed by atoms with E-state index in [0.717, 1.165) is 0 Å². The Labute approximate surface area is 132 Å². The fourth-order valence-electron chi connectivity index (χ4n) is 2.25. The number of nitrogens with two attached hydrogens (primary N) is 1. The van der Waals surface area contributed by atoms with Gasteiger partial charge < -0.3 is 15.6 Å². The van der Waals surface area contributed by atoms with Crippen LogP contribution in [0.5, 0.6) is 0 Å². The van der Waals surface area contributed by atoms with Gasteiger partial charge in [-0.05, 0) is 31.5 Å². The summed E-state index contributed by atoms with van der Waals surface area (Å²) in [6.07, 6.45) is -0.00935. The highest BCUT2D eigenvalue weighted by Gasteiger charge is 2.40. The highest BCUT2D eigenvalue weighted by Crippen LogP contribution is 2.28. The fourth-order valence-corrected chi connectivity index (χ4v) is 4.28. The molecule has 0 amide bonds. The quantitative estimate of drug-likeness (QED) is 0.682. The molecule has 1 aromatic carbocycles. The molecule has 21 heavy (non-hydrogen) atoms. The number of sulfonamides is 1. The van der Waals surface area contributed by atoms with E-state index >= 15 is 0 Å². The van der Waals surface area contributed by atoms with E-state index in [-0.39, 0.29) is 11.4 Å². The number of nitrogen functional groups attached to an aromatic ring is 1. The second-order valence-electron chi connectivity index (χ2n) is 5.31. The number of anilines is 1. The van der Waals surface area contributed by atoms with Gasteiger partial charge in [-0.2, -0.15) is 0 Å². The van der Waals surface area contributed by atoms with Crippen molar-refractivity contribution in [2.45, 2.75) is 36.9 Å². The van der Waals surface area contributed by atoms with Gasteiger partial charge in [0.05, 0.1) is 11.0 Å². The van der Waals surface area contributed by atoms with Crippen LogP contribution in [-0.2, 0) is 14.8 Å². The van der Waals surface area contributed by atoms with Crippen LogP contribution in [0, 0.1) is 6.92 Å². The van der Waals surface area contributed by atoms with E-state index in [9.17, 15) is 13.5 Å². The average Bonchev–Trinajstić information content (AvgIpc) is 2.72. The van der Waals surface area contributed by atoms with Gasteiger partial charge in [-0.15, -0.1) is 0 Å². The Morgan fingerprint density at radius 2 is 2.24 bits per heavy atom. The molecule has 1 aliphatic heterocycles. The summed E-state index contributed by atoms with van der Waals surface area (Å²) in [6.45, 7) is 3.70. The lowest BCUT2D eigenvalue weighted by molar-refractivity contribution is -0.0228. The molecule has 118 valence electrons. The molecular weight excluding hydrogens is 360 g/mol. The average molecular weight is 379 g/mol. The summed E-state index contributed by atoms with van der Waals surface area (Å²) in [5.41, 5.74) is 5.48. The Hall–Kier alpha value is -0.670. The Morgan fingerprint density at radius 1 is 1.57 bits per heavy atom. The van der Waals surface area contributed by atoms with Crippen LogP contribution >= 0.6 is 15.9 Å². The van der Waals surface area contributed by atoms with Crippen LogP contribution in [0.4, 0.5) is 5.69 Å². The third-order valence-electron chi connectivity index (χ3n) is 3.88. The topological polar surface area (TPSA) is 102 Å². The Morgan fingerprint density at radius 3 is 2.81 bits per heavy atom. The summed E-state index contributed by atoms with van der Waals surface area (Å²) in [6, 6.07) is 3.14. The maximum atomic E-state index is 12.4. The van der Waals surface area contributed by atoms with Gasteiger partial charge in [-0.3, -0.25) is 0 Å². The van der Waals surface area contributed by atoms with Gasteiger partial charge in [0.2, 0.25) is 10.0 Å². The third-order valence-corrected chi connectivity index (χ3v) is 5.87. The monoisotopic (exact) mass is 378 g/mol. The zero-order valence-corrected chi connectivity index (χ0v) is 14.3. The van der Waals surface area contributed by atoms with Gasteiger partial charge in [0.25, 0.3) is 0 Å². The molecule has 1 fully saturated rings.